The summed E-state index contributed by atoms with van der Waals surface area (Å²) < 4.78 is 0. The van der Waals surface area contributed by atoms with Crippen LogP contribution in [0.15, 0.2) is 24.3 Å². The maximum Gasteiger partial charge on any atom is 0.151 e. The van der Waals surface area contributed by atoms with Gasteiger partial charge in [0, 0.05) is 5.69 Å². The van der Waals surface area contributed by atoms with Gasteiger partial charge in [0.1, 0.15) is 0 Å². The molecule has 0 unspecified atom stereocenters. The van der Waals surface area contributed by atoms with Gasteiger partial charge in [-0.25, -0.2) is 0 Å². The summed E-state index contributed by atoms with van der Waals surface area (Å²) in [4.78, 5) is 11.0. The highest BCUT2D eigenvalue weighted by atomic mass is 16.1. The van der Waals surface area contributed by atoms with E-state index in [0.29, 0.717) is 0 Å². The summed E-state index contributed by atoms with van der Waals surface area (Å²) >= 11 is 0. The van der Waals surface area contributed by atoms with Crippen LogP contribution >= 0.6 is 0 Å². The summed E-state index contributed by atoms with van der Waals surface area (Å²) in [6.07, 6.45) is 1.04. The Morgan fingerprint density at radius 2 is 1.93 bits per heavy atom. The van der Waals surface area contributed by atoms with Gasteiger partial charge in [0.2, 0.25) is 0 Å². The maximum atomic E-state index is 11.0. The number of hydrogen-bond acceptors (Lipinski definition) is 2. The van der Waals surface area contributed by atoms with Gasteiger partial charge in [0.05, 0.1) is 6.04 Å². The van der Waals surface area contributed by atoms with E-state index in [1.807, 2.05) is 19.1 Å². The third-order valence-electron chi connectivity index (χ3n) is 2.36. The Balaban J connectivity index is 2.64. The molecular formula is C12H17NO. The highest BCUT2D eigenvalue weighted by molar-refractivity contribution is 5.83. The third kappa shape index (κ3) is 2.87. The Kier molecular flexibility index (Phi) is 3.69. The minimum atomic E-state index is -0.109. The van der Waals surface area contributed by atoms with Crippen LogP contribution in [0.4, 0.5) is 5.69 Å². The van der Waals surface area contributed by atoms with Crippen molar-refractivity contribution in [2.45, 2.75) is 33.2 Å². The first-order valence-electron chi connectivity index (χ1n) is 4.99. The Labute approximate surface area is 85.3 Å². The summed E-state index contributed by atoms with van der Waals surface area (Å²) in [5.74, 6) is 0.157. The van der Waals surface area contributed by atoms with Crippen LogP contribution in [0.25, 0.3) is 0 Å². The molecule has 1 N–H and O–H groups in total. The van der Waals surface area contributed by atoms with Crippen molar-refractivity contribution in [2.24, 2.45) is 0 Å². The minimum absolute atomic E-state index is 0.109. The smallest absolute Gasteiger partial charge is 0.151 e. The minimum Gasteiger partial charge on any atom is -0.376 e. The molecule has 1 aromatic rings. The Morgan fingerprint density at radius 1 is 1.36 bits per heavy atom. The molecule has 0 bridgehead atoms. The second-order valence-electron chi connectivity index (χ2n) is 3.53. The lowest BCUT2D eigenvalue weighted by atomic mass is 10.1. The van der Waals surface area contributed by atoms with Gasteiger partial charge in [-0.1, -0.05) is 19.1 Å². The van der Waals surface area contributed by atoms with Gasteiger partial charge in [-0.05, 0) is 38.0 Å². The number of aryl methyl sites for hydroxylation is 1. The van der Waals surface area contributed by atoms with E-state index in [1.54, 1.807) is 6.92 Å². The number of benzene rings is 1. The first-order valence-corrected chi connectivity index (χ1v) is 4.99. The molecule has 0 saturated heterocycles. The highest BCUT2D eigenvalue weighted by Gasteiger charge is 2.05. The van der Waals surface area contributed by atoms with E-state index in [9.17, 15) is 4.79 Å². The molecule has 0 heterocycles. The fourth-order valence-corrected chi connectivity index (χ4v) is 1.19. The summed E-state index contributed by atoms with van der Waals surface area (Å²) in [7, 11) is 0. The molecule has 2 nitrogen and oxygen atoms in total. The van der Waals surface area contributed by atoms with Crippen LogP contribution in [0, 0.1) is 0 Å². The van der Waals surface area contributed by atoms with E-state index >= 15 is 0 Å². The van der Waals surface area contributed by atoms with Crippen molar-refractivity contribution in [1.82, 2.24) is 0 Å². The fraction of sp³-hybridized carbons (Fsp3) is 0.417. The number of carbonyl (C=O) groups excluding carboxylic acids is 1. The van der Waals surface area contributed by atoms with Gasteiger partial charge in [-0.3, -0.25) is 4.79 Å². The molecule has 0 aromatic heterocycles. The maximum absolute atomic E-state index is 11.0. The second kappa shape index (κ2) is 4.80. The Morgan fingerprint density at radius 3 is 2.36 bits per heavy atom. The van der Waals surface area contributed by atoms with Gasteiger partial charge < -0.3 is 5.32 Å². The molecule has 0 radical (unpaired) electrons. The number of anilines is 1. The van der Waals surface area contributed by atoms with Crippen molar-refractivity contribution in [3.05, 3.63) is 29.8 Å². The lowest BCUT2D eigenvalue weighted by molar-refractivity contribution is -0.117. The molecule has 0 amide bonds. The number of rotatable bonds is 4. The first-order chi connectivity index (χ1) is 6.63. The molecule has 0 fully saturated rings. The zero-order chi connectivity index (χ0) is 10.6. The predicted octanol–water partition coefficient (Wildman–Crippen LogP) is 2.64. The molecule has 1 aromatic carbocycles. The summed E-state index contributed by atoms with van der Waals surface area (Å²) in [5, 5.41) is 3.14. The van der Waals surface area contributed by atoms with E-state index < -0.39 is 0 Å². The number of nitrogens with one attached hydrogen (secondary N) is 1. The third-order valence-corrected chi connectivity index (χ3v) is 2.36. The average Bonchev–Trinajstić information content (AvgIpc) is 2.19. The number of ketones is 1. The Bertz CT molecular complexity index is 303. The molecule has 1 atom stereocenters. The van der Waals surface area contributed by atoms with Crippen LogP contribution in [0.1, 0.15) is 26.3 Å². The van der Waals surface area contributed by atoms with E-state index in [4.69, 9.17) is 0 Å². The van der Waals surface area contributed by atoms with Crippen molar-refractivity contribution < 1.29 is 4.79 Å². The van der Waals surface area contributed by atoms with E-state index in [1.165, 1.54) is 5.56 Å². The SMILES string of the molecule is CCc1ccc(N[C@@H](C)C(C)=O)cc1. The van der Waals surface area contributed by atoms with E-state index in [0.717, 1.165) is 12.1 Å². The largest absolute Gasteiger partial charge is 0.376 e. The highest BCUT2D eigenvalue weighted by Crippen LogP contribution is 2.11. The number of carbonyl (C=O) groups is 1. The topological polar surface area (TPSA) is 29.1 Å². The lowest BCUT2D eigenvalue weighted by Crippen LogP contribution is -2.23. The van der Waals surface area contributed by atoms with Crippen molar-refractivity contribution in [3.8, 4) is 0 Å². The molecule has 0 saturated carbocycles. The summed E-state index contributed by atoms with van der Waals surface area (Å²) in [6.45, 7) is 5.59. The fourth-order valence-electron chi connectivity index (χ4n) is 1.19. The molecule has 1 rings (SSSR count). The monoisotopic (exact) mass is 191 g/mol. The molecule has 0 aliphatic rings. The van der Waals surface area contributed by atoms with Gasteiger partial charge in [0.15, 0.2) is 5.78 Å². The van der Waals surface area contributed by atoms with Gasteiger partial charge in [-0.2, -0.15) is 0 Å². The lowest BCUT2D eigenvalue weighted by Gasteiger charge is -2.12. The molecule has 0 spiro atoms. The second-order valence-corrected chi connectivity index (χ2v) is 3.53. The van der Waals surface area contributed by atoms with Crippen LogP contribution in [0.2, 0.25) is 0 Å². The van der Waals surface area contributed by atoms with Crippen molar-refractivity contribution in [2.75, 3.05) is 5.32 Å². The summed E-state index contributed by atoms with van der Waals surface area (Å²) in [5.41, 5.74) is 2.32. The van der Waals surface area contributed by atoms with Crippen molar-refractivity contribution >= 4 is 11.5 Å². The zero-order valence-corrected chi connectivity index (χ0v) is 9.00. The molecular weight excluding hydrogens is 174 g/mol. The van der Waals surface area contributed by atoms with Crippen LogP contribution < -0.4 is 5.32 Å². The number of hydrogen-bond donors (Lipinski definition) is 1. The predicted molar refractivity (Wildman–Crippen MR) is 59.6 cm³/mol. The molecule has 76 valence electrons. The molecule has 2 heteroatoms. The standard InChI is InChI=1S/C12H17NO/c1-4-11-5-7-12(8-6-11)13-9(2)10(3)14/h5-9,13H,4H2,1-3H3/t9-/m0/s1. The molecule has 14 heavy (non-hydrogen) atoms. The van der Waals surface area contributed by atoms with Crippen LogP contribution in [0.5, 0.6) is 0 Å². The van der Waals surface area contributed by atoms with Gasteiger partial charge in [0.25, 0.3) is 0 Å². The van der Waals surface area contributed by atoms with Crippen LogP contribution in [0.3, 0.4) is 0 Å². The van der Waals surface area contributed by atoms with Gasteiger partial charge in [-0.15, -0.1) is 0 Å². The first kappa shape index (κ1) is 10.8. The molecule has 0 aliphatic heterocycles. The van der Waals surface area contributed by atoms with Crippen LogP contribution in [-0.4, -0.2) is 11.8 Å². The van der Waals surface area contributed by atoms with E-state index in [2.05, 4.69) is 24.4 Å². The van der Waals surface area contributed by atoms with Crippen LogP contribution in [-0.2, 0) is 11.2 Å². The normalized spacial score (nSPS) is 12.2. The summed E-state index contributed by atoms with van der Waals surface area (Å²) in [6, 6.07) is 8.07. The zero-order valence-electron chi connectivity index (χ0n) is 9.00. The van der Waals surface area contributed by atoms with E-state index in [-0.39, 0.29) is 11.8 Å². The Hall–Kier alpha value is -1.31. The molecule has 0 aliphatic carbocycles. The van der Waals surface area contributed by atoms with Gasteiger partial charge >= 0.3 is 0 Å². The average molecular weight is 191 g/mol. The number of Topliss-reactive ketones (excluding diaryl/α,β-unsaturated/α-hetero) is 1. The quantitative estimate of drug-likeness (QED) is 0.792. The van der Waals surface area contributed by atoms with Crippen molar-refractivity contribution in [1.29, 1.82) is 0 Å². The van der Waals surface area contributed by atoms with Crippen molar-refractivity contribution in [3.63, 3.8) is 0 Å².